The van der Waals surface area contributed by atoms with E-state index in [4.69, 9.17) is 10.5 Å². The highest BCUT2D eigenvalue weighted by molar-refractivity contribution is 7.11. The Labute approximate surface area is 92.5 Å². The van der Waals surface area contributed by atoms with Crippen LogP contribution in [0.25, 0.3) is 0 Å². The van der Waals surface area contributed by atoms with Gasteiger partial charge in [0.05, 0.1) is 6.61 Å². The lowest BCUT2D eigenvalue weighted by molar-refractivity contribution is 0.320. The zero-order chi connectivity index (χ0) is 10.5. The van der Waals surface area contributed by atoms with Crippen molar-refractivity contribution in [3.63, 3.8) is 0 Å². The van der Waals surface area contributed by atoms with Crippen LogP contribution in [0.1, 0.15) is 5.56 Å². The van der Waals surface area contributed by atoms with Gasteiger partial charge in [-0.05, 0) is 11.6 Å². The van der Waals surface area contributed by atoms with Crippen LogP contribution in [0.4, 0.5) is 5.69 Å². The van der Waals surface area contributed by atoms with Gasteiger partial charge in [-0.1, -0.05) is 29.5 Å². The molecule has 0 aliphatic carbocycles. The number of thiazole rings is 1. The topological polar surface area (TPSA) is 48.1 Å². The summed E-state index contributed by atoms with van der Waals surface area (Å²) in [5, 5.41) is 2.61. The third-order valence-electron chi connectivity index (χ3n) is 2.06. The van der Waals surface area contributed by atoms with Crippen molar-refractivity contribution >= 4 is 17.0 Å². The van der Waals surface area contributed by atoms with E-state index in [-0.39, 0.29) is 0 Å². The van der Waals surface area contributed by atoms with Crippen LogP contribution in [-0.2, 0) is 6.42 Å². The van der Waals surface area contributed by atoms with Gasteiger partial charge in [-0.25, -0.2) is 4.98 Å². The Morgan fingerprint density at radius 1 is 1.33 bits per heavy atom. The van der Waals surface area contributed by atoms with Crippen LogP contribution in [0.3, 0.4) is 0 Å². The molecular formula is C11H12N2OS. The van der Waals surface area contributed by atoms with Crippen molar-refractivity contribution in [3.8, 4) is 5.19 Å². The largest absolute Gasteiger partial charge is 0.470 e. The number of nitrogens with zero attached hydrogens (tertiary/aromatic N) is 1. The minimum Gasteiger partial charge on any atom is -0.470 e. The normalized spacial score (nSPS) is 10.1. The molecular weight excluding hydrogens is 208 g/mol. The fourth-order valence-electron chi connectivity index (χ4n) is 1.29. The molecule has 0 atom stereocenters. The van der Waals surface area contributed by atoms with Crippen molar-refractivity contribution in [2.45, 2.75) is 6.42 Å². The standard InChI is InChI=1S/C11H12N2OS/c12-10-4-2-1-3-9(10)5-7-14-11-13-6-8-15-11/h1-4,6,8H,5,7,12H2. The van der Waals surface area contributed by atoms with E-state index in [0.29, 0.717) is 11.8 Å². The van der Waals surface area contributed by atoms with Crippen LogP contribution in [-0.4, -0.2) is 11.6 Å². The van der Waals surface area contributed by atoms with E-state index in [2.05, 4.69) is 4.98 Å². The Morgan fingerprint density at radius 3 is 2.93 bits per heavy atom. The Morgan fingerprint density at radius 2 is 2.20 bits per heavy atom. The molecule has 0 unspecified atom stereocenters. The van der Waals surface area contributed by atoms with Crippen molar-refractivity contribution in [1.82, 2.24) is 4.98 Å². The van der Waals surface area contributed by atoms with Gasteiger partial charge in [-0.15, -0.1) is 0 Å². The van der Waals surface area contributed by atoms with E-state index in [1.165, 1.54) is 11.3 Å². The first kappa shape index (κ1) is 9.98. The van der Waals surface area contributed by atoms with E-state index in [9.17, 15) is 0 Å². The average molecular weight is 220 g/mol. The first-order valence-electron chi connectivity index (χ1n) is 4.72. The summed E-state index contributed by atoms with van der Waals surface area (Å²) in [6, 6.07) is 7.83. The second-order valence-corrected chi connectivity index (χ2v) is 3.95. The number of rotatable bonds is 4. The number of anilines is 1. The van der Waals surface area contributed by atoms with E-state index in [1.54, 1.807) is 6.20 Å². The summed E-state index contributed by atoms with van der Waals surface area (Å²) in [7, 11) is 0. The molecule has 2 N–H and O–H groups in total. The Bertz CT molecular complexity index is 414. The SMILES string of the molecule is Nc1ccccc1CCOc1nccs1. The molecule has 4 heteroatoms. The maximum absolute atomic E-state index is 5.81. The van der Waals surface area contributed by atoms with Crippen molar-refractivity contribution in [3.05, 3.63) is 41.4 Å². The molecule has 78 valence electrons. The maximum Gasteiger partial charge on any atom is 0.273 e. The number of ether oxygens (including phenoxy) is 1. The van der Waals surface area contributed by atoms with Crippen molar-refractivity contribution in [2.24, 2.45) is 0 Å². The summed E-state index contributed by atoms with van der Waals surface area (Å²) in [6.07, 6.45) is 2.54. The molecule has 0 aliphatic rings. The molecule has 0 saturated carbocycles. The van der Waals surface area contributed by atoms with E-state index >= 15 is 0 Å². The minimum absolute atomic E-state index is 0.613. The predicted molar refractivity (Wildman–Crippen MR) is 62.2 cm³/mol. The molecule has 1 aromatic carbocycles. The number of hydrogen-bond acceptors (Lipinski definition) is 4. The predicted octanol–water partition coefficient (Wildman–Crippen LogP) is 2.35. The van der Waals surface area contributed by atoms with Gasteiger partial charge in [0.1, 0.15) is 0 Å². The van der Waals surface area contributed by atoms with Gasteiger partial charge in [0.25, 0.3) is 5.19 Å². The monoisotopic (exact) mass is 220 g/mol. The third-order valence-corrected chi connectivity index (χ3v) is 2.74. The number of para-hydroxylation sites is 1. The van der Waals surface area contributed by atoms with Crippen LogP contribution >= 0.6 is 11.3 Å². The smallest absolute Gasteiger partial charge is 0.273 e. The van der Waals surface area contributed by atoms with Gasteiger partial charge in [0.2, 0.25) is 0 Å². The summed E-state index contributed by atoms with van der Waals surface area (Å²) >= 11 is 1.50. The Kier molecular flexibility index (Phi) is 3.19. The fraction of sp³-hybridized carbons (Fsp3) is 0.182. The molecule has 0 fully saturated rings. The lowest BCUT2D eigenvalue weighted by Gasteiger charge is -2.05. The highest BCUT2D eigenvalue weighted by Crippen LogP contribution is 2.15. The van der Waals surface area contributed by atoms with Gasteiger partial charge in [-0.3, -0.25) is 0 Å². The number of hydrogen-bond donors (Lipinski definition) is 1. The second kappa shape index (κ2) is 4.79. The molecule has 0 aliphatic heterocycles. The molecule has 15 heavy (non-hydrogen) atoms. The molecule has 0 saturated heterocycles. The molecule has 3 nitrogen and oxygen atoms in total. The molecule has 2 rings (SSSR count). The molecule has 0 bridgehead atoms. The van der Waals surface area contributed by atoms with E-state index < -0.39 is 0 Å². The second-order valence-electron chi connectivity index (χ2n) is 3.10. The third kappa shape index (κ3) is 2.70. The lowest BCUT2D eigenvalue weighted by atomic mass is 10.1. The van der Waals surface area contributed by atoms with Gasteiger partial charge in [-0.2, -0.15) is 0 Å². The van der Waals surface area contributed by atoms with Crippen LogP contribution < -0.4 is 10.5 Å². The first-order chi connectivity index (χ1) is 7.36. The molecule has 2 aromatic rings. The zero-order valence-corrected chi connectivity index (χ0v) is 9.04. The van der Waals surface area contributed by atoms with Crippen LogP contribution in [0, 0.1) is 0 Å². The van der Waals surface area contributed by atoms with E-state index in [0.717, 1.165) is 17.7 Å². The summed E-state index contributed by atoms with van der Waals surface area (Å²) in [5.74, 6) is 0. The highest BCUT2D eigenvalue weighted by Gasteiger charge is 1.99. The number of benzene rings is 1. The lowest BCUT2D eigenvalue weighted by Crippen LogP contribution is -2.03. The average Bonchev–Trinajstić information content (AvgIpc) is 2.74. The van der Waals surface area contributed by atoms with Crippen LogP contribution in [0.15, 0.2) is 35.8 Å². The number of aromatic nitrogens is 1. The summed E-state index contributed by atoms with van der Waals surface area (Å²) < 4.78 is 5.46. The summed E-state index contributed by atoms with van der Waals surface area (Å²) in [6.45, 7) is 0.613. The quantitative estimate of drug-likeness (QED) is 0.804. The number of nitrogen functional groups attached to an aromatic ring is 1. The van der Waals surface area contributed by atoms with Gasteiger partial charge in [0, 0.05) is 23.7 Å². The van der Waals surface area contributed by atoms with Crippen LogP contribution in [0.2, 0.25) is 0 Å². The van der Waals surface area contributed by atoms with Gasteiger partial charge < -0.3 is 10.5 Å². The van der Waals surface area contributed by atoms with Crippen molar-refractivity contribution < 1.29 is 4.74 Å². The molecule has 1 aromatic heterocycles. The maximum atomic E-state index is 5.81. The molecule has 0 radical (unpaired) electrons. The molecule has 1 heterocycles. The van der Waals surface area contributed by atoms with Crippen LogP contribution in [0.5, 0.6) is 5.19 Å². The van der Waals surface area contributed by atoms with Crippen molar-refractivity contribution in [1.29, 1.82) is 0 Å². The molecule has 0 amide bonds. The first-order valence-corrected chi connectivity index (χ1v) is 5.60. The van der Waals surface area contributed by atoms with E-state index in [1.807, 2.05) is 29.6 Å². The summed E-state index contributed by atoms with van der Waals surface area (Å²) in [5.41, 5.74) is 7.75. The zero-order valence-electron chi connectivity index (χ0n) is 8.22. The van der Waals surface area contributed by atoms with Crippen molar-refractivity contribution in [2.75, 3.05) is 12.3 Å². The highest BCUT2D eigenvalue weighted by atomic mass is 32.1. The van der Waals surface area contributed by atoms with Gasteiger partial charge in [0.15, 0.2) is 0 Å². The minimum atomic E-state index is 0.613. The number of nitrogens with two attached hydrogens (primary N) is 1. The fourth-order valence-corrected chi connectivity index (χ4v) is 1.80. The Balaban J connectivity index is 1.86. The van der Waals surface area contributed by atoms with Gasteiger partial charge >= 0.3 is 0 Å². The Hall–Kier alpha value is -1.55. The summed E-state index contributed by atoms with van der Waals surface area (Å²) in [4.78, 5) is 4.03. The molecule has 0 spiro atoms.